The average molecular weight is 629 g/mol. The molecule has 1 aliphatic rings. The van der Waals surface area contributed by atoms with Gasteiger partial charge in [0.05, 0.1) is 16.7 Å². The molecule has 5 rings (SSSR count). The molecule has 1 aliphatic carbocycles. The number of fused-ring (bicyclic) bond motifs is 1. The van der Waals surface area contributed by atoms with Gasteiger partial charge in [0.2, 0.25) is 0 Å². The number of carboxylic acid groups (broad SMARTS) is 3. The first-order chi connectivity index (χ1) is 19.8. The van der Waals surface area contributed by atoms with E-state index >= 15 is 0 Å². The van der Waals surface area contributed by atoms with Crippen molar-refractivity contribution < 1.29 is 64.6 Å². The number of rotatable bonds is 3. The minimum atomic E-state index is -1.04. The Morgan fingerprint density at radius 3 is 1.19 bits per heavy atom. The van der Waals surface area contributed by atoms with Gasteiger partial charge >= 0.3 is 17.9 Å². The Bertz CT molecular complexity index is 1330. The SMILES string of the molecule is Cc1c2c([c-](C)c1C)CCCC2.O=C(O)c1ccc(F)cc1.O=C(O)c1ccc(F)cc1.O=C(O)c1ccc(F)cc1.[Ti]. The Labute approximate surface area is 263 Å². The summed E-state index contributed by atoms with van der Waals surface area (Å²) in [7, 11) is 0. The summed E-state index contributed by atoms with van der Waals surface area (Å²) in [6.07, 6.45) is 5.46. The molecule has 0 aromatic heterocycles. The van der Waals surface area contributed by atoms with Gasteiger partial charge in [0.1, 0.15) is 17.5 Å². The van der Waals surface area contributed by atoms with Crippen molar-refractivity contribution >= 4 is 17.9 Å². The molecular weight excluding hydrogens is 597 g/mol. The minimum absolute atomic E-state index is 0. The molecule has 0 atom stereocenters. The van der Waals surface area contributed by atoms with Gasteiger partial charge in [-0.15, -0.1) is 0 Å². The molecule has 10 heteroatoms. The first-order valence-corrected chi connectivity index (χ1v) is 13.0. The Hall–Kier alpha value is -4.08. The Balaban J connectivity index is 0.000000286. The van der Waals surface area contributed by atoms with E-state index in [1.807, 2.05) is 0 Å². The van der Waals surface area contributed by atoms with Gasteiger partial charge < -0.3 is 15.3 Å². The van der Waals surface area contributed by atoms with Crippen LogP contribution >= 0.6 is 0 Å². The Kier molecular flexibility index (Phi) is 15.3. The predicted molar refractivity (Wildman–Crippen MR) is 153 cm³/mol. The van der Waals surface area contributed by atoms with Crippen LogP contribution < -0.4 is 0 Å². The van der Waals surface area contributed by atoms with E-state index in [-0.39, 0.29) is 38.4 Å². The van der Waals surface area contributed by atoms with E-state index in [9.17, 15) is 27.6 Å². The molecule has 0 aliphatic heterocycles. The summed E-state index contributed by atoms with van der Waals surface area (Å²) in [4.78, 5) is 30.6. The van der Waals surface area contributed by atoms with Gasteiger partial charge in [-0.25, -0.2) is 27.6 Å². The van der Waals surface area contributed by atoms with Crippen LogP contribution in [0.5, 0.6) is 0 Å². The maximum atomic E-state index is 12.2. The third kappa shape index (κ3) is 11.6. The molecule has 0 amide bonds. The molecule has 6 nitrogen and oxygen atoms in total. The second-order valence-electron chi connectivity index (χ2n) is 9.48. The third-order valence-electron chi connectivity index (χ3n) is 6.77. The summed E-state index contributed by atoms with van der Waals surface area (Å²) < 4.78 is 36.5. The van der Waals surface area contributed by atoms with Crippen LogP contribution in [0.2, 0.25) is 0 Å². The van der Waals surface area contributed by atoms with Gasteiger partial charge in [-0.3, -0.25) is 0 Å². The van der Waals surface area contributed by atoms with Crippen molar-refractivity contribution in [2.24, 2.45) is 0 Å². The summed E-state index contributed by atoms with van der Waals surface area (Å²) in [5.41, 5.74) is 8.34. The number of hydrogen-bond donors (Lipinski definition) is 3. The van der Waals surface area contributed by atoms with Crippen LogP contribution in [-0.4, -0.2) is 33.2 Å². The van der Waals surface area contributed by atoms with Crippen molar-refractivity contribution in [3.63, 3.8) is 0 Å². The molecule has 0 spiro atoms. The van der Waals surface area contributed by atoms with Gasteiger partial charge in [0.25, 0.3) is 0 Å². The number of aromatic carboxylic acids is 3. The van der Waals surface area contributed by atoms with Crippen molar-refractivity contribution in [1.29, 1.82) is 0 Å². The molecule has 0 bridgehead atoms. The second-order valence-corrected chi connectivity index (χ2v) is 9.48. The smallest absolute Gasteiger partial charge is 0.335 e. The maximum absolute atomic E-state index is 12.2. The first kappa shape index (κ1) is 36.9. The zero-order valence-corrected chi connectivity index (χ0v) is 25.5. The fourth-order valence-corrected chi connectivity index (χ4v) is 4.24. The molecule has 4 aromatic rings. The largest absolute Gasteiger partial charge is 0.478 e. The van der Waals surface area contributed by atoms with Gasteiger partial charge in [-0.05, 0) is 72.8 Å². The molecular formula is C33H32F3O6Ti-. The molecule has 226 valence electrons. The van der Waals surface area contributed by atoms with Crippen molar-refractivity contribution in [2.45, 2.75) is 46.5 Å². The normalized spacial score (nSPS) is 11.0. The number of halogens is 3. The van der Waals surface area contributed by atoms with Crippen LogP contribution in [-0.2, 0) is 34.6 Å². The van der Waals surface area contributed by atoms with Crippen LogP contribution in [0.1, 0.15) is 71.7 Å². The topological polar surface area (TPSA) is 112 Å². The fourth-order valence-electron chi connectivity index (χ4n) is 4.24. The Morgan fingerprint density at radius 1 is 0.605 bits per heavy atom. The fraction of sp³-hybridized carbons (Fsp3) is 0.212. The van der Waals surface area contributed by atoms with Crippen LogP contribution in [0.25, 0.3) is 0 Å². The maximum Gasteiger partial charge on any atom is 0.335 e. The summed E-state index contributed by atoms with van der Waals surface area (Å²) in [6, 6.07) is 14.0. The van der Waals surface area contributed by atoms with E-state index in [1.54, 1.807) is 27.8 Å². The molecule has 4 aromatic carbocycles. The minimum Gasteiger partial charge on any atom is -0.478 e. The number of hydrogen-bond acceptors (Lipinski definition) is 3. The van der Waals surface area contributed by atoms with E-state index in [2.05, 4.69) is 20.8 Å². The van der Waals surface area contributed by atoms with E-state index in [4.69, 9.17) is 15.3 Å². The van der Waals surface area contributed by atoms with Crippen molar-refractivity contribution in [3.05, 3.63) is 135 Å². The van der Waals surface area contributed by atoms with E-state index in [0.29, 0.717) is 0 Å². The molecule has 0 saturated heterocycles. The monoisotopic (exact) mass is 629 g/mol. The van der Waals surface area contributed by atoms with Gasteiger partial charge in [-0.2, -0.15) is 27.8 Å². The Morgan fingerprint density at radius 2 is 0.907 bits per heavy atom. The van der Waals surface area contributed by atoms with Crippen LogP contribution in [0.15, 0.2) is 72.8 Å². The summed E-state index contributed by atoms with van der Waals surface area (Å²) in [5, 5.41) is 25.1. The van der Waals surface area contributed by atoms with Crippen LogP contribution in [0.4, 0.5) is 13.2 Å². The van der Waals surface area contributed by atoms with Gasteiger partial charge in [0.15, 0.2) is 0 Å². The van der Waals surface area contributed by atoms with Crippen LogP contribution in [0.3, 0.4) is 0 Å². The van der Waals surface area contributed by atoms with Crippen LogP contribution in [0, 0.1) is 38.2 Å². The third-order valence-corrected chi connectivity index (χ3v) is 6.77. The number of carbonyl (C=O) groups is 3. The average Bonchev–Trinajstić information content (AvgIpc) is 3.19. The number of carboxylic acids is 3. The van der Waals surface area contributed by atoms with E-state index in [1.165, 1.54) is 62.1 Å². The summed E-state index contributed by atoms with van der Waals surface area (Å²) >= 11 is 0. The van der Waals surface area contributed by atoms with Gasteiger partial charge in [0, 0.05) is 21.7 Å². The van der Waals surface area contributed by atoms with E-state index < -0.39 is 35.4 Å². The second kappa shape index (κ2) is 17.8. The molecule has 43 heavy (non-hydrogen) atoms. The predicted octanol–water partition coefficient (Wildman–Crippen LogP) is 7.78. The first-order valence-electron chi connectivity index (χ1n) is 13.0. The van der Waals surface area contributed by atoms with Crippen molar-refractivity contribution in [3.8, 4) is 0 Å². The molecule has 3 N–H and O–H groups in total. The van der Waals surface area contributed by atoms with Crippen molar-refractivity contribution in [2.75, 3.05) is 0 Å². The number of benzene rings is 3. The zero-order chi connectivity index (χ0) is 31.4. The molecule has 0 unspecified atom stereocenters. The van der Waals surface area contributed by atoms with Crippen molar-refractivity contribution in [1.82, 2.24) is 0 Å². The zero-order valence-electron chi connectivity index (χ0n) is 24.0. The van der Waals surface area contributed by atoms with E-state index in [0.717, 1.165) is 36.4 Å². The summed E-state index contributed by atoms with van der Waals surface area (Å²) in [5.74, 6) is -4.40. The van der Waals surface area contributed by atoms with Gasteiger partial charge in [-0.1, -0.05) is 46.5 Å². The molecule has 0 saturated carbocycles. The summed E-state index contributed by atoms with van der Waals surface area (Å²) in [6.45, 7) is 6.84. The molecule has 0 radical (unpaired) electrons. The molecule has 0 fully saturated rings. The quantitative estimate of drug-likeness (QED) is 0.158. The standard InChI is InChI=1S/C12H17.3C7H5FO2.Ti/c1-8-9(2)11-6-4-5-7-12(11)10(8)3;3*8-6-3-1-5(2-4-6)7(9)10;/h4-7H2,1-3H3;3*1-4H,(H,9,10);/q-1;;;;. The molecule has 0 heterocycles.